The molecular formula is C12H18N4OS. The molecule has 1 aliphatic heterocycles. The molecule has 2 atom stereocenters. The maximum atomic E-state index is 11.3. The van der Waals surface area contributed by atoms with Gasteiger partial charge in [-0.25, -0.2) is 0 Å². The van der Waals surface area contributed by atoms with E-state index in [1.54, 1.807) is 11.3 Å². The minimum absolute atomic E-state index is 0.0468. The topological polar surface area (TPSA) is 72.1 Å². The summed E-state index contributed by atoms with van der Waals surface area (Å²) in [5.74, 6) is 0.400. The first-order valence-corrected chi connectivity index (χ1v) is 7.36. The Hall–Kier alpha value is -1.17. The SMILES string of the molecule is C[C@H]1CC[C@H](C(N)=O)CN1c1nnc(C2CC2)s1. The van der Waals surface area contributed by atoms with E-state index in [-0.39, 0.29) is 11.8 Å². The highest BCUT2D eigenvalue weighted by molar-refractivity contribution is 7.15. The first-order chi connectivity index (χ1) is 8.65. The molecule has 18 heavy (non-hydrogen) atoms. The van der Waals surface area contributed by atoms with E-state index in [1.165, 1.54) is 12.8 Å². The number of carbonyl (C=O) groups excluding carboxylic acids is 1. The van der Waals surface area contributed by atoms with E-state index >= 15 is 0 Å². The van der Waals surface area contributed by atoms with Crippen molar-refractivity contribution < 1.29 is 4.79 Å². The highest BCUT2D eigenvalue weighted by atomic mass is 32.1. The maximum Gasteiger partial charge on any atom is 0.222 e. The molecule has 0 spiro atoms. The number of carbonyl (C=O) groups is 1. The summed E-state index contributed by atoms with van der Waals surface area (Å²) >= 11 is 1.68. The molecule has 0 bridgehead atoms. The lowest BCUT2D eigenvalue weighted by Gasteiger charge is -2.36. The zero-order valence-electron chi connectivity index (χ0n) is 10.5. The van der Waals surface area contributed by atoms with Crippen LogP contribution in [0.3, 0.4) is 0 Å². The van der Waals surface area contributed by atoms with Crippen LogP contribution in [-0.2, 0) is 4.79 Å². The third kappa shape index (κ3) is 2.21. The van der Waals surface area contributed by atoms with E-state index in [0.717, 1.165) is 23.0 Å². The van der Waals surface area contributed by atoms with E-state index in [0.29, 0.717) is 18.5 Å². The molecule has 1 aromatic rings. The predicted octanol–water partition coefficient (Wildman–Crippen LogP) is 1.51. The lowest BCUT2D eigenvalue weighted by atomic mass is 9.93. The van der Waals surface area contributed by atoms with Gasteiger partial charge in [0.1, 0.15) is 5.01 Å². The van der Waals surface area contributed by atoms with Gasteiger partial charge in [0.15, 0.2) is 0 Å². The van der Waals surface area contributed by atoms with Crippen molar-refractivity contribution in [1.82, 2.24) is 10.2 Å². The molecule has 6 heteroatoms. The predicted molar refractivity (Wildman–Crippen MR) is 70.6 cm³/mol. The minimum Gasteiger partial charge on any atom is -0.369 e. The summed E-state index contributed by atoms with van der Waals surface area (Å²) in [7, 11) is 0. The van der Waals surface area contributed by atoms with Gasteiger partial charge in [-0.3, -0.25) is 4.79 Å². The van der Waals surface area contributed by atoms with Crippen molar-refractivity contribution >= 4 is 22.4 Å². The van der Waals surface area contributed by atoms with Crippen molar-refractivity contribution in [1.29, 1.82) is 0 Å². The Morgan fingerprint density at radius 2 is 2.11 bits per heavy atom. The highest BCUT2D eigenvalue weighted by Crippen LogP contribution is 2.43. The average molecular weight is 266 g/mol. The van der Waals surface area contributed by atoms with Crippen molar-refractivity contribution in [2.75, 3.05) is 11.4 Å². The molecule has 98 valence electrons. The summed E-state index contributed by atoms with van der Waals surface area (Å²) in [5.41, 5.74) is 5.42. The summed E-state index contributed by atoms with van der Waals surface area (Å²) in [6.45, 7) is 2.87. The molecule has 2 aliphatic rings. The average Bonchev–Trinajstić information content (AvgIpc) is 3.08. The van der Waals surface area contributed by atoms with Crippen LogP contribution in [0.2, 0.25) is 0 Å². The highest BCUT2D eigenvalue weighted by Gasteiger charge is 2.33. The monoisotopic (exact) mass is 266 g/mol. The van der Waals surface area contributed by atoms with E-state index in [2.05, 4.69) is 22.0 Å². The largest absolute Gasteiger partial charge is 0.369 e. The van der Waals surface area contributed by atoms with Gasteiger partial charge in [-0.05, 0) is 32.6 Å². The molecular weight excluding hydrogens is 248 g/mol. The summed E-state index contributed by atoms with van der Waals surface area (Å²) < 4.78 is 0. The quantitative estimate of drug-likeness (QED) is 0.900. The molecule has 1 saturated carbocycles. The summed E-state index contributed by atoms with van der Waals surface area (Å²) in [4.78, 5) is 13.5. The number of hydrogen-bond donors (Lipinski definition) is 1. The normalized spacial score (nSPS) is 28.4. The fraction of sp³-hybridized carbons (Fsp3) is 0.750. The first kappa shape index (κ1) is 11.9. The number of hydrogen-bond acceptors (Lipinski definition) is 5. The van der Waals surface area contributed by atoms with Gasteiger partial charge in [-0.2, -0.15) is 0 Å². The standard InChI is InChI=1S/C12H18N4OS/c1-7-2-3-9(10(13)17)6-16(7)12-15-14-11(18-12)8-4-5-8/h7-9H,2-6H2,1H3,(H2,13,17)/t7-,9-/m0/s1. The maximum absolute atomic E-state index is 11.3. The zero-order chi connectivity index (χ0) is 12.7. The Bertz CT molecular complexity index is 457. The van der Waals surface area contributed by atoms with Crippen molar-refractivity contribution in [3.05, 3.63) is 5.01 Å². The Balaban J connectivity index is 1.77. The molecule has 3 rings (SSSR count). The molecule has 5 nitrogen and oxygen atoms in total. The van der Waals surface area contributed by atoms with Gasteiger partial charge >= 0.3 is 0 Å². The second kappa shape index (κ2) is 4.50. The molecule has 1 aromatic heterocycles. The molecule has 0 radical (unpaired) electrons. The van der Waals surface area contributed by atoms with E-state index in [4.69, 9.17) is 5.73 Å². The number of nitrogens with zero attached hydrogens (tertiary/aromatic N) is 3. The second-order valence-electron chi connectivity index (χ2n) is 5.38. The third-order valence-electron chi connectivity index (χ3n) is 3.89. The molecule has 0 aromatic carbocycles. The van der Waals surface area contributed by atoms with E-state index < -0.39 is 0 Å². The fourth-order valence-corrected chi connectivity index (χ4v) is 3.57. The van der Waals surface area contributed by atoms with Crippen molar-refractivity contribution in [2.45, 2.75) is 44.6 Å². The molecule has 2 fully saturated rings. The molecule has 2 heterocycles. The second-order valence-corrected chi connectivity index (χ2v) is 6.36. The number of nitrogens with two attached hydrogens (primary N) is 1. The lowest BCUT2D eigenvalue weighted by Crippen LogP contribution is -2.45. The van der Waals surface area contributed by atoms with E-state index in [9.17, 15) is 4.79 Å². The van der Waals surface area contributed by atoms with Gasteiger partial charge < -0.3 is 10.6 Å². The summed E-state index contributed by atoms with van der Waals surface area (Å²) in [6.07, 6.45) is 4.37. The zero-order valence-corrected chi connectivity index (χ0v) is 11.3. The Morgan fingerprint density at radius 3 is 2.78 bits per heavy atom. The van der Waals surface area contributed by atoms with Crippen LogP contribution in [0.15, 0.2) is 0 Å². The smallest absolute Gasteiger partial charge is 0.222 e. The van der Waals surface area contributed by atoms with Gasteiger partial charge in [0.05, 0.1) is 5.92 Å². The molecule has 2 N–H and O–H groups in total. The first-order valence-electron chi connectivity index (χ1n) is 6.54. The van der Waals surface area contributed by atoms with Crippen LogP contribution in [-0.4, -0.2) is 28.7 Å². The van der Waals surface area contributed by atoms with Crippen LogP contribution in [0, 0.1) is 5.92 Å². The Labute approximate surface area is 110 Å². The number of piperidine rings is 1. The Kier molecular flexibility index (Phi) is 2.97. The minimum atomic E-state index is -0.196. The third-order valence-corrected chi connectivity index (χ3v) is 5.01. The van der Waals surface area contributed by atoms with E-state index in [1.807, 2.05) is 0 Å². The number of amides is 1. The van der Waals surface area contributed by atoms with Gasteiger partial charge in [0, 0.05) is 18.5 Å². The lowest BCUT2D eigenvalue weighted by molar-refractivity contribution is -0.122. The molecule has 0 unspecified atom stereocenters. The van der Waals surface area contributed by atoms with Crippen LogP contribution in [0.1, 0.15) is 43.5 Å². The number of anilines is 1. The molecule has 1 amide bonds. The Morgan fingerprint density at radius 1 is 1.33 bits per heavy atom. The van der Waals surface area contributed by atoms with Gasteiger partial charge in [0.2, 0.25) is 11.0 Å². The number of primary amides is 1. The molecule has 1 saturated heterocycles. The molecule has 1 aliphatic carbocycles. The van der Waals surface area contributed by atoms with Crippen molar-refractivity contribution in [3.8, 4) is 0 Å². The van der Waals surface area contributed by atoms with Crippen LogP contribution in [0.4, 0.5) is 5.13 Å². The number of aromatic nitrogens is 2. The number of rotatable bonds is 3. The summed E-state index contributed by atoms with van der Waals surface area (Å²) in [5, 5.41) is 10.7. The van der Waals surface area contributed by atoms with Crippen LogP contribution >= 0.6 is 11.3 Å². The van der Waals surface area contributed by atoms with Crippen LogP contribution in [0.25, 0.3) is 0 Å². The van der Waals surface area contributed by atoms with Crippen LogP contribution < -0.4 is 10.6 Å². The van der Waals surface area contributed by atoms with Gasteiger partial charge in [-0.15, -0.1) is 10.2 Å². The van der Waals surface area contributed by atoms with Gasteiger partial charge in [-0.1, -0.05) is 11.3 Å². The van der Waals surface area contributed by atoms with Crippen LogP contribution in [0.5, 0.6) is 0 Å². The van der Waals surface area contributed by atoms with Crippen molar-refractivity contribution in [2.24, 2.45) is 11.7 Å². The fourth-order valence-electron chi connectivity index (χ4n) is 2.44. The summed E-state index contributed by atoms with van der Waals surface area (Å²) in [6, 6.07) is 0.417. The van der Waals surface area contributed by atoms with Crippen molar-refractivity contribution in [3.63, 3.8) is 0 Å². The van der Waals surface area contributed by atoms with Gasteiger partial charge in [0.25, 0.3) is 0 Å².